The molecule has 4 amide bonds. The number of pyridine rings is 1. The molecule has 7 rings (SSSR count). The number of likely N-dealkylation sites (tertiary alicyclic amines) is 2. The van der Waals surface area contributed by atoms with Crippen LogP contribution >= 0.6 is 11.8 Å². The Labute approximate surface area is 403 Å². The zero-order chi connectivity index (χ0) is 48.9. The summed E-state index contributed by atoms with van der Waals surface area (Å²) in [6, 6.07) is 10.1. The van der Waals surface area contributed by atoms with E-state index in [1.165, 1.54) is 30.3 Å². The largest absolute Gasteiger partial charge is 0.493 e. The Morgan fingerprint density at radius 1 is 0.897 bits per heavy atom. The van der Waals surface area contributed by atoms with Crippen molar-refractivity contribution in [3.63, 3.8) is 0 Å². The maximum atomic E-state index is 13.7. The van der Waals surface area contributed by atoms with Crippen molar-refractivity contribution in [2.75, 3.05) is 66.3 Å². The number of carbonyl (C=O) groups is 4. The lowest BCUT2D eigenvalue weighted by Gasteiger charge is -2.31. The number of amides is 4. The number of allylic oxidation sites excluding steroid dienone is 2. The van der Waals surface area contributed by atoms with E-state index in [4.69, 9.17) is 39.4 Å². The van der Waals surface area contributed by atoms with Gasteiger partial charge in [0.05, 0.1) is 53.7 Å². The lowest BCUT2D eigenvalue weighted by atomic mass is 10.1. The summed E-state index contributed by atoms with van der Waals surface area (Å²) < 4.78 is 30.2. The number of thioether (sulfide) groups is 1. The van der Waals surface area contributed by atoms with Gasteiger partial charge in [0.15, 0.2) is 23.0 Å². The second kappa shape index (κ2) is 21.5. The number of hydrogen-bond donors (Lipinski definition) is 1. The van der Waals surface area contributed by atoms with Gasteiger partial charge in [0.1, 0.15) is 25.6 Å². The van der Waals surface area contributed by atoms with Crippen LogP contribution in [-0.2, 0) is 22.8 Å². The number of methoxy groups -OCH3 is 2. The Kier molecular flexibility index (Phi) is 15.7. The van der Waals surface area contributed by atoms with Crippen LogP contribution in [0.3, 0.4) is 0 Å². The van der Waals surface area contributed by atoms with E-state index in [0.717, 1.165) is 19.3 Å². The average Bonchev–Trinajstić information content (AvgIpc) is 3.97. The Morgan fingerprint density at radius 2 is 1.56 bits per heavy atom. The van der Waals surface area contributed by atoms with Gasteiger partial charge in [-0.3, -0.25) is 34.1 Å². The van der Waals surface area contributed by atoms with Crippen LogP contribution in [0, 0.1) is 0 Å². The molecule has 0 bridgehead atoms. The molecular formula is C51H65N7O9S. The van der Waals surface area contributed by atoms with Crippen molar-refractivity contribution in [3.05, 3.63) is 82.2 Å². The van der Waals surface area contributed by atoms with Crippen LogP contribution in [0.1, 0.15) is 99.3 Å². The third kappa shape index (κ3) is 11.3. The number of nitrogens with two attached hydrogens (primary N) is 1. The van der Waals surface area contributed by atoms with E-state index in [1.807, 2.05) is 50.8 Å². The van der Waals surface area contributed by atoms with E-state index < -0.39 is 0 Å². The van der Waals surface area contributed by atoms with Crippen molar-refractivity contribution in [3.8, 4) is 28.7 Å². The fraction of sp³-hybridized carbons (Fsp3) is 0.490. The molecule has 3 aromatic rings. The molecule has 0 aliphatic carbocycles. The molecule has 1 unspecified atom stereocenters. The second-order valence-corrected chi connectivity index (χ2v) is 20.3. The molecule has 0 spiro atoms. The number of rotatable bonds is 19. The zero-order valence-corrected chi connectivity index (χ0v) is 41.6. The molecule has 1 aromatic heterocycles. The number of imide groups is 1. The fourth-order valence-electron chi connectivity index (χ4n) is 9.19. The number of carbonyl (C=O) groups excluding carboxylic acids is 4. The first-order valence-electron chi connectivity index (χ1n) is 23.3. The number of nitrogens with zero attached hydrogens (tertiary/aromatic N) is 6. The van der Waals surface area contributed by atoms with E-state index in [1.54, 1.807) is 48.2 Å². The molecule has 68 heavy (non-hydrogen) atoms. The van der Waals surface area contributed by atoms with Gasteiger partial charge in [0, 0.05) is 86.1 Å². The van der Waals surface area contributed by atoms with Crippen LogP contribution in [0.5, 0.6) is 28.7 Å². The number of likely N-dealkylation sites (N-methyl/N-ethyl adjacent to an activating group) is 1. The molecule has 2 N–H and O–H groups in total. The Balaban J connectivity index is 1.08. The third-order valence-electron chi connectivity index (χ3n) is 12.7. The number of nitrogen functional groups attached to an aromatic ring is 1. The SMILES string of the molecule is C/C=C1\C[C@@H](C)N(C(=O)c2cc(OC)c(OCc3cc(OCCN(C)CC(C)(C)SC4CC(=O)N(CCC)C4=O)cc(COc4cc5c(cc4OC)C(=O)N4C/C(=C/C)C[C@H]4C=N5)n3)cc2N)C1. The van der Waals surface area contributed by atoms with E-state index in [9.17, 15) is 19.2 Å². The summed E-state index contributed by atoms with van der Waals surface area (Å²) in [5, 5.41) is -0.389. The molecule has 0 radical (unpaired) electrons. The van der Waals surface area contributed by atoms with E-state index in [0.29, 0.717) is 96.3 Å². The molecule has 5 heterocycles. The summed E-state index contributed by atoms with van der Waals surface area (Å²) >= 11 is 1.54. The van der Waals surface area contributed by atoms with Crippen LogP contribution in [0.4, 0.5) is 11.4 Å². The molecule has 16 nitrogen and oxygen atoms in total. The third-order valence-corrected chi connectivity index (χ3v) is 14.1. The molecule has 3 atom stereocenters. The Hall–Kier alpha value is -6.07. The minimum Gasteiger partial charge on any atom is -0.493 e. The van der Waals surface area contributed by atoms with Gasteiger partial charge in [-0.1, -0.05) is 30.2 Å². The van der Waals surface area contributed by atoms with Crippen LogP contribution in [0.25, 0.3) is 0 Å². The number of aliphatic imine (C=N–C) groups is 1. The van der Waals surface area contributed by atoms with Gasteiger partial charge in [-0.05, 0) is 73.1 Å². The summed E-state index contributed by atoms with van der Waals surface area (Å²) in [6.45, 7) is 15.2. The first kappa shape index (κ1) is 49.8. The predicted octanol–water partition coefficient (Wildman–Crippen LogP) is 7.26. The van der Waals surface area contributed by atoms with Gasteiger partial charge in [-0.2, -0.15) is 0 Å². The Bertz CT molecular complexity index is 2510. The number of aromatic nitrogens is 1. The van der Waals surface area contributed by atoms with Gasteiger partial charge < -0.3 is 44.1 Å². The number of benzene rings is 2. The van der Waals surface area contributed by atoms with Crippen molar-refractivity contribution in [2.45, 2.75) is 103 Å². The standard InChI is InChI=1S/C51H65N7O9S/c1-10-13-56-47(59)24-46(50(56)62)68-51(5,6)30-55(7)14-15-65-37-18-34(28-66-44-22-40(52)38(20-42(44)63-8)48(60)57-26-32(11-2)16-31(57)4)54-35(19-37)29-67-45-23-41-39(21-43(45)64-9)49(61)58-27-33(12-3)17-36(58)25-53-41/h11-12,18-23,25,31,36,46H,10,13-17,24,26-30,52H2,1-9H3/b32-11+,33-12+/t31-,36+,46?/m1/s1. The predicted molar refractivity (Wildman–Crippen MR) is 264 cm³/mol. The maximum Gasteiger partial charge on any atom is 0.257 e. The molecule has 17 heteroatoms. The topological polar surface area (TPSA) is 179 Å². The first-order valence-corrected chi connectivity index (χ1v) is 24.2. The summed E-state index contributed by atoms with van der Waals surface area (Å²) in [6.07, 6.45) is 8.45. The van der Waals surface area contributed by atoms with E-state index in [2.05, 4.69) is 30.9 Å². The zero-order valence-electron chi connectivity index (χ0n) is 40.8. The van der Waals surface area contributed by atoms with Crippen LogP contribution < -0.4 is 29.4 Å². The van der Waals surface area contributed by atoms with Crippen LogP contribution in [0.15, 0.2) is 64.7 Å². The van der Waals surface area contributed by atoms with Crippen molar-refractivity contribution in [1.82, 2.24) is 24.6 Å². The molecular weight excluding hydrogens is 887 g/mol. The summed E-state index contributed by atoms with van der Waals surface area (Å²) in [5.74, 6) is 1.50. The molecule has 0 saturated carbocycles. The normalized spacial score (nSPS) is 20.4. The monoisotopic (exact) mass is 951 g/mol. The van der Waals surface area contributed by atoms with Crippen molar-refractivity contribution < 1.29 is 42.9 Å². The number of fused-ring (bicyclic) bond motifs is 2. The highest BCUT2D eigenvalue weighted by atomic mass is 32.2. The van der Waals surface area contributed by atoms with Crippen LogP contribution in [0.2, 0.25) is 0 Å². The number of hydrogen-bond acceptors (Lipinski definition) is 14. The van der Waals surface area contributed by atoms with Crippen molar-refractivity contribution >= 4 is 53.0 Å². The second-order valence-electron chi connectivity index (χ2n) is 18.4. The van der Waals surface area contributed by atoms with E-state index >= 15 is 0 Å². The van der Waals surface area contributed by atoms with Crippen molar-refractivity contribution in [1.29, 1.82) is 0 Å². The minimum absolute atomic E-state index is 0.00388. The highest BCUT2D eigenvalue weighted by Gasteiger charge is 2.42. The summed E-state index contributed by atoms with van der Waals surface area (Å²) in [4.78, 5) is 69.7. The lowest BCUT2D eigenvalue weighted by molar-refractivity contribution is -0.138. The lowest BCUT2D eigenvalue weighted by Crippen LogP contribution is -2.39. The first-order chi connectivity index (χ1) is 32.5. The van der Waals surface area contributed by atoms with Gasteiger partial charge in [0.25, 0.3) is 11.8 Å². The smallest absolute Gasteiger partial charge is 0.257 e. The van der Waals surface area contributed by atoms with Crippen LogP contribution in [-0.4, -0.2) is 137 Å². The van der Waals surface area contributed by atoms with Crippen molar-refractivity contribution in [2.24, 2.45) is 4.99 Å². The van der Waals surface area contributed by atoms with Gasteiger partial charge in [-0.15, -0.1) is 11.8 Å². The number of anilines is 1. The molecule has 4 aliphatic heterocycles. The number of ether oxygens (including phenoxy) is 5. The molecule has 2 aromatic carbocycles. The van der Waals surface area contributed by atoms with Gasteiger partial charge >= 0.3 is 0 Å². The van der Waals surface area contributed by atoms with Gasteiger partial charge in [-0.25, -0.2) is 0 Å². The van der Waals surface area contributed by atoms with Gasteiger partial charge in [0.2, 0.25) is 11.8 Å². The fourth-order valence-corrected chi connectivity index (χ4v) is 10.7. The Morgan fingerprint density at radius 3 is 2.21 bits per heavy atom. The summed E-state index contributed by atoms with van der Waals surface area (Å²) in [5.41, 5.74) is 11.5. The van der Waals surface area contributed by atoms with E-state index in [-0.39, 0.29) is 71.0 Å². The molecule has 4 aliphatic rings. The molecule has 3 saturated heterocycles. The highest BCUT2D eigenvalue weighted by Crippen LogP contribution is 2.40. The average molecular weight is 952 g/mol. The minimum atomic E-state index is -0.389. The highest BCUT2D eigenvalue weighted by molar-refractivity contribution is 8.02. The maximum absolute atomic E-state index is 13.7. The summed E-state index contributed by atoms with van der Waals surface area (Å²) in [7, 11) is 5.04. The molecule has 364 valence electrons. The quantitative estimate of drug-likeness (QED) is 0.0722. The molecule has 3 fully saturated rings.